The average Bonchev–Trinajstić information content (AvgIpc) is 2.71. The highest BCUT2D eigenvalue weighted by Gasteiger charge is 2.35. The highest BCUT2D eigenvalue weighted by atomic mass is 16.2. The second-order valence-corrected chi connectivity index (χ2v) is 5.45. The van der Waals surface area contributed by atoms with Gasteiger partial charge in [0.25, 0.3) is 0 Å². The minimum atomic E-state index is -0.341. The normalized spacial score (nSPS) is 22.7. The molecule has 2 fully saturated rings. The number of hydrogen-bond acceptors (Lipinski definition) is 3. The van der Waals surface area contributed by atoms with Crippen LogP contribution in [0.3, 0.4) is 0 Å². The van der Waals surface area contributed by atoms with Crippen LogP contribution in [0.1, 0.15) is 12.0 Å². The van der Waals surface area contributed by atoms with Crippen molar-refractivity contribution in [1.82, 2.24) is 15.5 Å². The van der Waals surface area contributed by atoms with Gasteiger partial charge in [0.2, 0.25) is 11.8 Å². The van der Waals surface area contributed by atoms with Crippen LogP contribution < -0.4 is 10.6 Å². The van der Waals surface area contributed by atoms with E-state index in [2.05, 4.69) is 10.6 Å². The summed E-state index contributed by atoms with van der Waals surface area (Å²) in [5.74, 6) is 0.0733. The third-order valence-corrected chi connectivity index (χ3v) is 3.98. The van der Waals surface area contributed by atoms with Crippen molar-refractivity contribution >= 4 is 11.8 Å². The molecule has 2 heterocycles. The van der Waals surface area contributed by atoms with Crippen LogP contribution in [0.15, 0.2) is 30.3 Å². The number of nitrogens with zero attached hydrogens (tertiary/aromatic N) is 1. The minimum absolute atomic E-state index is 0.00339. The molecule has 1 aromatic rings. The van der Waals surface area contributed by atoms with E-state index in [0.717, 1.165) is 18.7 Å². The molecule has 5 heteroatoms. The zero-order valence-electron chi connectivity index (χ0n) is 11.3. The maximum Gasteiger partial charge on any atom is 0.245 e. The molecular weight excluding hydrogens is 254 g/mol. The lowest BCUT2D eigenvalue weighted by molar-refractivity contribution is -0.134. The highest BCUT2D eigenvalue weighted by Crippen LogP contribution is 2.16. The predicted molar refractivity (Wildman–Crippen MR) is 74.8 cm³/mol. The Morgan fingerprint density at radius 1 is 1.30 bits per heavy atom. The molecule has 1 unspecified atom stereocenters. The SMILES string of the molecule is O=C(NC1CCN(Cc2ccccc2)C1=O)C1CNC1. The Morgan fingerprint density at radius 2 is 2.05 bits per heavy atom. The molecule has 0 saturated carbocycles. The predicted octanol–water partition coefficient (Wildman–Crippen LogP) is 0.123. The van der Waals surface area contributed by atoms with Gasteiger partial charge in [-0.1, -0.05) is 30.3 Å². The average molecular weight is 273 g/mol. The molecule has 2 saturated heterocycles. The summed E-state index contributed by atoms with van der Waals surface area (Å²) in [5.41, 5.74) is 1.12. The Kier molecular flexibility index (Phi) is 3.69. The third-order valence-electron chi connectivity index (χ3n) is 3.98. The van der Waals surface area contributed by atoms with E-state index in [1.165, 1.54) is 0 Å². The van der Waals surface area contributed by atoms with Gasteiger partial charge in [0, 0.05) is 26.2 Å². The topological polar surface area (TPSA) is 61.4 Å². The van der Waals surface area contributed by atoms with Crippen molar-refractivity contribution < 1.29 is 9.59 Å². The van der Waals surface area contributed by atoms with E-state index in [4.69, 9.17) is 0 Å². The van der Waals surface area contributed by atoms with Gasteiger partial charge in [0.1, 0.15) is 6.04 Å². The van der Waals surface area contributed by atoms with E-state index in [-0.39, 0.29) is 23.8 Å². The van der Waals surface area contributed by atoms with Crippen LogP contribution >= 0.6 is 0 Å². The van der Waals surface area contributed by atoms with Crippen LogP contribution in [0.5, 0.6) is 0 Å². The molecule has 0 aromatic heterocycles. The molecule has 2 amide bonds. The number of benzene rings is 1. The summed E-state index contributed by atoms with van der Waals surface area (Å²) in [6.45, 7) is 2.78. The number of likely N-dealkylation sites (tertiary alicyclic amines) is 1. The molecule has 2 aliphatic heterocycles. The van der Waals surface area contributed by atoms with E-state index in [0.29, 0.717) is 19.5 Å². The molecule has 2 aliphatic rings. The maximum absolute atomic E-state index is 12.3. The molecule has 0 spiro atoms. The summed E-state index contributed by atoms with van der Waals surface area (Å²) in [5, 5.41) is 5.94. The van der Waals surface area contributed by atoms with E-state index < -0.39 is 0 Å². The van der Waals surface area contributed by atoms with Gasteiger partial charge in [0.05, 0.1) is 5.92 Å². The molecular formula is C15H19N3O2. The molecule has 0 radical (unpaired) electrons. The highest BCUT2D eigenvalue weighted by molar-refractivity contribution is 5.90. The standard InChI is InChI=1S/C15H19N3O2/c19-14(12-8-16-9-12)17-13-6-7-18(15(13)20)10-11-4-2-1-3-5-11/h1-5,12-13,16H,6-10H2,(H,17,19). The second-order valence-electron chi connectivity index (χ2n) is 5.45. The van der Waals surface area contributed by atoms with Crippen molar-refractivity contribution in [3.63, 3.8) is 0 Å². The van der Waals surface area contributed by atoms with E-state index in [1.807, 2.05) is 35.2 Å². The van der Waals surface area contributed by atoms with Gasteiger partial charge in [-0.3, -0.25) is 9.59 Å². The van der Waals surface area contributed by atoms with Crippen molar-refractivity contribution in [3.05, 3.63) is 35.9 Å². The summed E-state index contributed by atoms with van der Waals surface area (Å²) >= 11 is 0. The fourth-order valence-corrected chi connectivity index (χ4v) is 2.60. The van der Waals surface area contributed by atoms with Crippen LogP contribution in [0, 0.1) is 5.92 Å². The smallest absolute Gasteiger partial charge is 0.245 e. The summed E-state index contributed by atoms with van der Waals surface area (Å²) < 4.78 is 0. The Bertz CT molecular complexity index is 499. The molecule has 3 rings (SSSR count). The van der Waals surface area contributed by atoms with Crippen molar-refractivity contribution in [2.45, 2.75) is 19.0 Å². The van der Waals surface area contributed by atoms with Gasteiger partial charge >= 0.3 is 0 Å². The fraction of sp³-hybridized carbons (Fsp3) is 0.467. The first-order valence-corrected chi connectivity index (χ1v) is 7.08. The van der Waals surface area contributed by atoms with E-state index in [9.17, 15) is 9.59 Å². The monoisotopic (exact) mass is 273 g/mol. The van der Waals surface area contributed by atoms with Gasteiger partial charge in [-0.25, -0.2) is 0 Å². The van der Waals surface area contributed by atoms with Crippen molar-refractivity contribution in [1.29, 1.82) is 0 Å². The zero-order valence-corrected chi connectivity index (χ0v) is 11.3. The number of carbonyl (C=O) groups is 2. The first-order valence-electron chi connectivity index (χ1n) is 7.08. The molecule has 1 aromatic carbocycles. The summed E-state index contributed by atoms with van der Waals surface area (Å²) in [6, 6.07) is 9.59. The number of hydrogen-bond donors (Lipinski definition) is 2. The van der Waals surface area contributed by atoms with Crippen molar-refractivity contribution in [3.8, 4) is 0 Å². The molecule has 2 N–H and O–H groups in total. The Hall–Kier alpha value is -1.88. The summed E-state index contributed by atoms with van der Waals surface area (Å²) in [6.07, 6.45) is 0.706. The number of nitrogens with one attached hydrogen (secondary N) is 2. The Balaban J connectivity index is 1.55. The third kappa shape index (κ3) is 2.67. The summed E-state index contributed by atoms with van der Waals surface area (Å²) in [4.78, 5) is 26.0. The Morgan fingerprint density at radius 3 is 2.70 bits per heavy atom. The second kappa shape index (κ2) is 5.63. The quantitative estimate of drug-likeness (QED) is 0.819. The number of carbonyl (C=O) groups excluding carboxylic acids is 2. The first-order chi connectivity index (χ1) is 9.74. The lowest BCUT2D eigenvalue weighted by atomic mass is 10.0. The zero-order chi connectivity index (χ0) is 13.9. The van der Waals surface area contributed by atoms with Crippen molar-refractivity contribution in [2.24, 2.45) is 5.92 Å². The molecule has 1 atom stereocenters. The van der Waals surface area contributed by atoms with Crippen LogP contribution in [-0.2, 0) is 16.1 Å². The van der Waals surface area contributed by atoms with Crippen LogP contribution in [-0.4, -0.2) is 42.4 Å². The lowest BCUT2D eigenvalue weighted by Gasteiger charge is -2.27. The van der Waals surface area contributed by atoms with E-state index >= 15 is 0 Å². The van der Waals surface area contributed by atoms with Gasteiger partial charge in [-0.05, 0) is 12.0 Å². The van der Waals surface area contributed by atoms with Crippen LogP contribution in [0.25, 0.3) is 0 Å². The van der Waals surface area contributed by atoms with Crippen LogP contribution in [0.2, 0.25) is 0 Å². The molecule has 5 nitrogen and oxygen atoms in total. The molecule has 0 aliphatic carbocycles. The number of rotatable bonds is 4. The Labute approximate surface area is 118 Å². The summed E-state index contributed by atoms with van der Waals surface area (Å²) in [7, 11) is 0. The first kappa shape index (κ1) is 13.1. The largest absolute Gasteiger partial charge is 0.344 e. The molecule has 106 valence electrons. The fourth-order valence-electron chi connectivity index (χ4n) is 2.60. The number of amides is 2. The minimum Gasteiger partial charge on any atom is -0.344 e. The van der Waals surface area contributed by atoms with Gasteiger partial charge in [-0.2, -0.15) is 0 Å². The van der Waals surface area contributed by atoms with Gasteiger partial charge in [-0.15, -0.1) is 0 Å². The van der Waals surface area contributed by atoms with Crippen LogP contribution in [0.4, 0.5) is 0 Å². The van der Waals surface area contributed by atoms with Gasteiger partial charge < -0.3 is 15.5 Å². The van der Waals surface area contributed by atoms with E-state index in [1.54, 1.807) is 0 Å². The molecule has 20 heavy (non-hydrogen) atoms. The molecule has 0 bridgehead atoms. The van der Waals surface area contributed by atoms with Gasteiger partial charge in [0.15, 0.2) is 0 Å². The maximum atomic E-state index is 12.3. The lowest BCUT2D eigenvalue weighted by Crippen LogP contribution is -2.53. The van der Waals surface area contributed by atoms with Crippen molar-refractivity contribution in [2.75, 3.05) is 19.6 Å².